The third-order valence-corrected chi connectivity index (χ3v) is 4.47. The van der Waals surface area contributed by atoms with E-state index in [2.05, 4.69) is 85.7 Å². The molecule has 2 aromatic rings. The number of hydrogen-bond donors (Lipinski definition) is 1. The van der Waals surface area contributed by atoms with Crippen molar-refractivity contribution < 1.29 is 0 Å². The number of aliphatic imine (C=N–C) groups is 1. The Morgan fingerprint density at radius 3 is 2.70 bits per heavy atom. The minimum atomic E-state index is 0.806. The standard InChI is InChI=1S/C20H24N2S/c1-5-17-8-6-7-9-19(17)22-14-23-13-20(21-4)18-11-10-15(2)12-16(18)3/h6-13,22H,4-5,14H2,1-3H3/b20-13-. The Balaban J connectivity index is 2.02. The minimum absolute atomic E-state index is 0.806. The lowest BCUT2D eigenvalue weighted by Gasteiger charge is -2.10. The zero-order valence-electron chi connectivity index (χ0n) is 14.1. The van der Waals surface area contributed by atoms with E-state index in [0.29, 0.717) is 0 Å². The largest absolute Gasteiger partial charge is 0.375 e. The first kappa shape index (κ1) is 17.4. The third-order valence-electron chi connectivity index (χ3n) is 3.77. The molecule has 23 heavy (non-hydrogen) atoms. The van der Waals surface area contributed by atoms with Crippen LogP contribution in [0.15, 0.2) is 52.9 Å². The zero-order valence-corrected chi connectivity index (χ0v) is 14.9. The molecule has 0 radical (unpaired) electrons. The highest BCUT2D eigenvalue weighted by molar-refractivity contribution is 8.02. The molecule has 2 rings (SSSR count). The molecule has 0 unspecified atom stereocenters. The average Bonchev–Trinajstić information content (AvgIpc) is 2.56. The Hall–Kier alpha value is -2.00. The van der Waals surface area contributed by atoms with E-state index >= 15 is 0 Å². The number of aryl methyl sites for hydroxylation is 3. The molecule has 1 N–H and O–H groups in total. The second-order valence-corrected chi connectivity index (χ2v) is 6.34. The number of nitrogens with zero attached hydrogens (tertiary/aromatic N) is 1. The van der Waals surface area contributed by atoms with E-state index in [1.54, 1.807) is 11.8 Å². The van der Waals surface area contributed by atoms with Crippen LogP contribution in [0.1, 0.15) is 29.2 Å². The number of anilines is 1. The van der Waals surface area contributed by atoms with E-state index in [1.165, 1.54) is 22.4 Å². The second kappa shape index (κ2) is 8.59. The fourth-order valence-electron chi connectivity index (χ4n) is 2.53. The Morgan fingerprint density at radius 2 is 2.00 bits per heavy atom. The van der Waals surface area contributed by atoms with Crippen LogP contribution in [0.5, 0.6) is 0 Å². The van der Waals surface area contributed by atoms with E-state index < -0.39 is 0 Å². The highest BCUT2D eigenvalue weighted by Crippen LogP contribution is 2.24. The van der Waals surface area contributed by atoms with Crippen molar-refractivity contribution in [2.24, 2.45) is 4.99 Å². The minimum Gasteiger partial charge on any atom is -0.375 e. The molecule has 0 aliphatic heterocycles. The van der Waals surface area contributed by atoms with Gasteiger partial charge in [0.1, 0.15) is 0 Å². The molecule has 0 spiro atoms. The number of rotatable bonds is 7. The van der Waals surface area contributed by atoms with Crippen LogP contribution >= 0.6 is 11.8 Å². The number of benzene rings is 2. The molecule has 0 aliphatic carbocycles. The van der Waals surface area contributed by atoms with Crippen molar-refractivity contribution in [3.8, 4) is 0 Å². The van der Waals surface area contributed by atoms with Gasteiger partial charge < -0.3 is 5.32 Å². The van der Waals surface area contributed by atoms with Crippen molar-refractivity contribution in [2.75, 3.05) is 11.2 Å². The van der Waals surface area contributed by atoms with Crippen LogP contribution in [0.3, 0.4) is 0 Å². The smallest absolute Gasteiger partial charge is 0.0760 e. The van der Waals surface area contributed by atoms with Crippen molar-refractivity contribution in [1.82, 2.24) is 0 Å². The quantitative estimate of drug-likeness (QED) is 0.403. The van der Waals surface area contributed by atoms with Crippen LogP contribution in [0.25, 0.3) is 5.70 Å². The molecule has 0 fully saturated rings. The lowest BCUT2D eigenvalue weighted by atomic mass is 10.0. The fraction of sp³-hybridized carbons (Fsp3) is 0.250. The van der Waals surface area contributed by atoms with Gasteiger partial charge in [-0.25, -0.2) is 0 Å². The molecule has 2 nitrogen and oxygen atoms in total. The molecule has 0 bridgehead atoms. The van der Waals surface area contributed by atoms with Crippen molar-refractivity contribution in [3.63, 3.8) is 0 Å². The molecule has 2 aromatic carbocycles. The molecular weight excluding hydrogens is 300 g/mol. The van der Waals surface area contributed by atoms with Crippen LogP contribution in [0, 0.1) is 13.8 Å². The molecule has 120 valence electrons. The first-order chi connectivity index (χ1) is 11.2. The van der Waals surface area contributed by atoms with Gasteiger partial charge >= 0.3 is 0 Å². The Kier molecular flexibility index (Phi) is 6.48. The van der Waals surface area contributed by atoms with Gasteiger partial charge in [-0.05, 0) is 49.6 Å². The summed E-state index contributed by atoms with van der Waals surface area (Å²) in [6.07, 6.45) is 1.03. The summed E-state index contributed by atoms with van der Waals surface area (Å²) >= 11 is 1.70. The van der Waals surface area contributed by atoms with E-state index in [0.717, 1.165) is 23.6 Å². The lowest BCUT2D eigenvalue weighted by molar-refractivity contribution is 1.14. The molecule has 3 heteroatoms. The Morgan fingerprint density at radius 1 is 1.22 bits per heavy atom. The van der Waals surface area contributed by atoms with Crippen LogP contribution in [0.4, 0.5) is 5.69 Å². The van der Waals surface area contributed by atoms with Gasteiger partial charge in [-0.2, -0.15) is 0 Å². The third kappa shape index (κ3) is 4.73. The normalized spacial score (nSPS) is 11.3. The predicted molar refractivity (Wildman–Crippen MR) is 105 cm³/mol. The van der Waals surface area contributed by atoms with Gasteiger partial charge in [0.25, 0.3) is 0 Å². The number of hydrogen-bond acceptors (Lipinski definition) is 3. The van der Waals surface area contributed by atoms with Crippen molar-refractivity contribution >= 4 is 29.9 Å². The second-order valence-electron chi connectivity index (χ2n) is 5.48. The highest BCUT2D eigenvalue weighted by atomic mass is 32.2. The van der Waals surface area contributed by atoms with Gasteiger partial charge in [0, 0.05) is 11.3 Å². The van der Waals surface area contributed by atoms with Crippen molar-refractivity contribution in [1.29, 1.82) is 0 Å². The van der Waals surface area contributed by atoms with Gasteiger partial charge in [-0.1, -0.05) is 48.9 Å². The van der Waals surface area contributed by atoms with Crippen molar-refractivity contribution in [3.05, 3.63) is 70.1 Å². The summed E-state index contributed by atoms with van der Waals surface area (Å²) < 4.78 is 0. The van der Waals surface area contributed by atoms with Gasteiger partial charge in [0.2, 0.25) is 0 Å². The number of thioether (sulfide) groups is 1. The summed E-state index contributed by atoms with van der Waals surface area (Å²) in [5.74, 6) is 0.806. The predicted octanol–water partition coefficient (Wildman–Crippen LogP) is 5.67. The summed E-state index contributed by atoms with van der Waals surface area (Å²) in [6.45, 7) is 10.1. The molecular formula is C20H24N2S. The van der Waals surface area contributed by atoms with E-state index in [-0.39, 0.29) is 0 Å². The fourth-order valence-corrected chi connectivity index (χ4v) is 3.21. The zero-order chi connectivity index (χ0) is 16.7. The molecule has 0 aromatic heterocycles. The van der Waals surface area contributed by atoms with E-state index in [9.17, 15) is 0 Å². The maximum atomic E-state index is 4.19. The molecule has 0 heterocycles. The summed E-state index contributed by atoms with van der Waals surface area (Å²) in [5, 5.41) is 5.55. The summed E-state index contributed by atoms with van der Waals surface area (Å²) in [6, 6.07) is 14.8. The Bertz CT molecular complexity index is 705. The summed E-state index contributed by atoms with van der Waals surface area (Å²) in [5.41, 5.74) is 7.11. The molecule has 0 atom stereocenters. The van der Waals surface area contributed by atoms with Crippen LogP contribution in [-0.4, -0.2) is 12.6 Å². The van der Waals surface area contributed by atoms with Crippen LogP contribution < -0.4 is 5.32 Å². The maximum absolute atomic E-state index is 4.19. The van der Waals surface area contributed by atoms with Crippen LogP contribution in [0.2, 0.25) is 0 Å². The summed E-state index contributed by atoms with van der Waals surface area (Å²) in [4.78, 5) is 4.19. The molecule has 0 aliphatic rings. The summed E-state index contributed by atoms with van der Waals surface area (Å²) in [7, 11) is 0. The first-order valence-electron chi connectivity index (χ1n) is 7.83. The van der Waals surface area contributed by atoms with Crippen LogP contribution in [-0.2, 0) is 6.42 Å². The molecule has 0 amide bonds. The monoisotopic (exact) mass is 324 g/mol. The SMILES string of the molecule is C=N/C(=C\SCNc1ccccc1CC)c1ccc(C)cc1C. The first-order valence-corrected chi connectivity index (χ1v) is 8.88. The van der Waals surface area contributed by atoms with Gasteiger partial charge in [0.15, 0.2) is 0 Å². The number of para-hydroxylation sites is 1. The maximum Gasteiger partial charge on any atom is 0.0760 e. The number of nitrogens with one attached hydrogen (secondary N) is 1. The van der Waals surface area contributed by atoms with Gasteiger partial charge in [-0.15, -0.1) is 11.8 Å². The Labute approximate surface area is 143 Å². The highest BCUT2D eigenvalue weighted by Gasteiger charge is 2.04. The molecule has 0 saturated carbocycles. The van der Waals surface area contributed by atoms with Crippen molar-refractivity contribution in [2.45, 2.75) is 27.2 Å². The average molecular weight is 324 g/mol. The van der Waals surface area contributed by atoms with Gasteiger partial charge in [-0.3, -0.25) is 4.99 Å². The van der Waals surface area contributed by atoms with Gasteiger partial charge in [0.05, 0.1) is 11.6 Å². The molecule has 0 saturated heterocycles. The van der Waals surface area contributed by atoms with E-state index in [1.807, 2.05) is 0 Å². The topological polar surface area (TPSA) is 24.4 Å². The van der Waals surface area contributed by atoms with E-state index in [4.69, 9.17) is 0 Å². The lowest BCUT2D eigenvalue weighted by Crippen LogP contribution is -1.99.